The molecule has 0 radical (unpaired) electrons. The Balaban J connectivity index is 1.70. The number of carbonyl (C=O) groups excluding carboxylic acids is 1. The van der Waals surface area contributed by atoms with Crippen LogP contribution in [-0.4, -0.2) is 41.1 Å². The van der Waals surface area contributed by atoms with Crippen molar-refractivity contribution < 1.29 is 22.7 Å². The fourth-order valence-electron chi connectivity index (χ4n) is 3.75. The van der Waals surface area contributed by atoms with Gasteiger partial charge in [-0.05, 0) is 74.2 Å². The number of nitrogens with one attached hydrogen (secondary N) is 1. The summed E-state index contributed by atoms with van der Waals surface area (Å²) in [6, 6.07) is 21.1. The van der Waals surface area contributed by atoms with Crippen LogP contribution in [0.2, 0.25) is 0 Å². The van der Waals surface area contributed by atoms with E-state index in [0.29, 0.717) is 36.6 Å². The van der Waals surface area contributed by atoms with Gasteiger partial charge in [-0.15, -0.1) is 0 Å². The van der Waals surface area contributed by atoms with E-state index >= 15 is 0 Å². The van der Waals surface area contributed by atoms with Crippen molar-refractivity contribution in [2.24, 2.45) is 0 Å². The van der Waals surface area contributed by atoms with Gasteiger partial charge in [-0.25, -0.2) is 8.42 Å². The predicted octanol–water partition coefficient (Wildman–Crippen LogP) is 4.35. The Labute approximate surface area is 207 Å². The first-order valence-electron chi connectivity index (χ1n) is 11.6. The average Bonchev–Trinajstić information content (AvgIpc) is 2.86. The van der Waals surface area contributed by atoms with E-state index in [9.17, 15) is 13.2 Å². The van der Waals surface area contributed by atoms with Crippen LogP contribution in [0, 0.1) is 6.92 Å². The van der Waals surface area contributed by atoms with E-state index in [2.05, 4.69) is 5.32 Å². The zero-order valence-electron chi connectivity index (χ0n) is 20.4. The molecule has 0 spiro atoms. The molecule has 3 aromatic carbocycles. The second-order valence-electron chi connectivity index (χ2n) is 7.97. The lowest BCUT2D eigenvalue weighted by Gasteiger charge is -2.24. The molecule has 35 heavy (non-hydrogen) atoms. The minimum atomic E-state index is -3.98. The van der Waals surface area contributed by atoms with E-state index in [1.807, 2.05) is 31.2 Å². The number of carbonyl (C=O) groups is 1. The fourth-order valence-corrected chi connectivity index (χ4v) is 5.25. The Kier molecular flexibility index (Phi) is 9.14. The van der Waals surface area contributed by atoms with Crippen LogP contribution >= 0.6 is 0 Å². The van der Waals surface area contributed by atoms with Crippen LogP contribution in [0.3, 0.4) is 0 Å². The molecule has 186 valence electrons. The molecular formula is C27H32N2O5S. The summed E-state index contributed by atoms with van der Waals surface area (Å²) in [7, 11) is -2.45. The maximum Gasteiger partial charge on any atom is 0.264 e. The lowest BCUT2D eigenvalue weighted by molar-refractivity contribution is -0.119. The van der Waals surface area contributed by atoms with Crippen LogP contribution in [0.1, 0.15) is 24.5 Å². The number of aryl methyl sites for hydroxylation is 2. The highest BCUT2D eigenvalue weighted by Crippen LogP contribution is 2.27. The molecule has 0 aliphatic heterocycles. The quantitative estimate of drug-likeness (QED) is 0.377. The van der Waals surface area contributed by atoms with Crippen LogP contribution in [0.4, 0.5) is 5.69 Å². The SMILES string of the molecule is CCOc1ccccc1CCCNC(=O)CN(c1ccccc1)S(=O)(=O)c1ccc(OC)c(C)c1. The normalized spacial score (nSPS) is 11.1. The minimum Gasteiger partial charge on any atom is -0.496 e. The maximum atomic E-state index is 13.5. The van der Waals surface area contributed by atoms with Crippen LogP contribution in [0.15, 0.2) is 77.7 Å². The van der Waals surface area contributed by atoms with Crippen molar-refractivity contribution in [2.75, 3.05) is 31.1 Å². The van der Waals surface area contributed by atoms with Crippen molar-refractivity contribution in [1.29, 1.82) is 0 Å². The van der Waals surface area contributed by atoms with Crippen molar-refractivity contribution in [2.45, 2.75) is 31.6 Å². The fraction of sp³-hybridized carbons (Fsp3) is 0.296. The standard InChI is InChI=1S/C27H32N2O5S/c1-4-34-26-15-9-8-11-22(26)12-10-18-28-27(30)20-29(23-13-6-5-7-14-23)35(31,32)24-16-17-25(33-3)21(2)19-24/h5-9,11,13-17,19H,4,10,12,18,20H2,1-3H3,(H,28,30). The lowest BCUT2D eigenvalue weighted by Crippen LogP contribution is -2.41. The smallest absolute Gasteiger partial charge is 0.264 e. The monoisotopic (exact) mass is 496 g/mol. The van der Waals surface area contributed by atoms with Gasteiger partial charge in [0.25, 0.3) is 10.0 Å². The molecule has 0 bridgehead atoms. The zero-order chi connectivity index (χ0) is 25.3. The molecule has 3 aromatic rings. The molecular weight excluding hydrogens is 464 g/mol. The summed E-state index contributed by atoms with van der Waals surface area (Å²) in [4.78, 5) is 12.9. The Morgan fingerprint density at radius 3 is 2.37 bits per heavy atom. The summed E-state index contributed by atoms with van der Waals surface area (Å²) in [5, 5.41) is 2.85. The number of rotatable bonds is 12. The second kappa shape index (κ2) is 12.3. The Morgan fingerprint density at radius 2 is 1.69 bits per heavy atom. The molecule has 0 aliphatic carbocycles. The van der Waals surface area contributed by atoms with Gasteiger partial charge in [-0.2, -0.15) is 0 Å². The van der Waals surface area contributed by atoms with E-state index in [1.54, 1.807) is 49.4 Å². The number of sulfonamides is 1. The first-order valence-corrected chi connectivity index (χ1v) is 13.0. The Hall–Kier alpha value is -3.52. The van der Waals surface area contributed by atoms with Gasteiger partial charge in [-0.3, -0.25) is 9.10 Å². The number of anilines is 1. The molecule has 0 atom stereocenters. The summed E-state index contributed by atoms with van der Waals surface area (Å²) in [5.41, 5.74) is 2.19. The number of hydrogen-bond acceptors (Lipinski definition) is 5. The summed E-state index contributed by atoms with van der Waals surface area (Å²) in [5.74, 6) is 1.07. The van der Waals surface area contributed by atoms with Crippen LogP contribution in [0.5, 0.6) is 11.5 Å². The highest BCUT2D eigenvalue weighted by Gasteiger charge is 2.27. The first-order chi connectivity index (χ1) is 16.9. The summed E-state index contributed by atoms with van der Waals surface area (Å²) in [6.07, 6.45) is 1.44. The highest BCUT2D eigenvalue weighted by atomic mass is 32.2. The number of amides is 1. The molecule has 0 saturated carbocycles. The van der Waals surface area contributed by atoms with Crippen LogP contribution < -0.4 is 19.1 Å². The van der Waals surface area contributed by atoms with Crippen molar-refractivity contribution >= 4 is 21.6 Å². The molecule has 0 aromatic heterocycles. The van der Waals surface area contributed by atoms with Crippen LogP contribution in [-0.2, 0) is 21.2 Å². The Bertz CT molecular complexity index is 1230. The average molecular weight is 497 g/mol. The molecule has 1 N–H and O–H groups in total. The van der Waals surface area contributed by atoms with Crippen molar-refractivity contribution in [1.82, 2.24) is 5.32 Å². The lowest BCUT2D eigenvalue weighted by atomic mass is 10.1. The topological polar surface area (TPSA) is 84.9 Å². The summed E-state index contributed by atoms with van der Waals surface area (Å²) >= 11 is 0. The van der Waals surface area contributed by atoms with Gasteiger partial charge in [-0.1, -0.05) is 36.4 Å². The molecule has 0 unspecified atom stereocenters. The molecule has 8 heteroatoms. The zero-order valence-corrected chi connectivity index (χ0v) is 21.2. The largest absolute Gasteiger partial charge is 0.496 e. The van der Waals surface area contributed by atoms with E-state index in [4.69, 9.17) is 9.47 Å². The molecule has 0 fully saturated rings. The third-order valence-electron chi connectivity index (χ3n) is 5.50. The summed E-state index contributed by atoms with van der Waals surface area (Å²) in [6.45, 7) is 4.40. The number of ether oxygens (including phenoxy) is 2. The van der Waals surface area contributed by atoms with Gasteiger partial charge in [0.15, 0.2) is 0 Å². The van der Waals surface area contributed by atoms with E-state index in [-0.39, 0.29) is 17.3 Å². The molecule has 3 rings (SSSR count). The molecule has 1 amide bonds. The number of methoxy groups -OCH3 is 1. The number of nitrogens with zero attached hydrogens (tertiary/aromatic N) is 1. The third kappa shape index (κ3) is 6.76. The summed E-state index contributed by atoms with van der Waals surface area (Å²) < 4.78 is 39.1. The van der Waals surface area contributed by atoms with Crippen LogP contribution in [0.25, 0.3) is 0 Å². The Morgan fingerprint density at radius 1 is 0.971 bits per heavy atom. The van der Waals surface area contributed by atoms with Crippen molar-refractivity contribution in [3.05, 3.63) is 83.9 Å². The van der Waals surface area contributed by atoms with Crippen molar-refractivity contribution in [3.63, 3.8) is 0 Å². The third-order valence-corrected chi connectivity index (χ3v) is 7.27. The predicted molar refractivity (Wildman–Crippen MR) is 138 cm³/mol. The molecule has 0 heterocycles. The number of hydrogen-bond donors (Lipinski definition) is 1. The minimum absolute atomic E-state index is 0.0972. The highest BCUT2D eigenvalue weighted by molar-refractivity contribution is 7.92. The molecule has 0 aliphatic rings. The maximum absolute atomic E-state index is 13.5. The van der Waals surface area contributed by atoms with Gasteiger partial charge in [0.2, 0.25) is 5.91 Å². The van der Waals surface area contributed by atoms with Gasteiger partial charge >= 0.3 is 0 Å². The first kappa shape index (κ1) is 26.1. The van der Waals surface area contributed by atoms with Gasteiger partial charge < -0.3 is 14.8 Å². The van der Waals surface area contributed by atoms with Gasteiger partial charge in [0, 0.05) is 6.54 Å². The molecule has 7 nitrogen and oxygen atoms in total. The van der Waals surface area contributed by atoms with Gasteiger partial charge in [0.1, 0.15) is 18.0 Å². The van der Waals surface area contributed by atoms with E-state index in [1.165, 1.54) is 13.2 Å². The van der Waals surface area contributed by atoms with E-state index in [0.717, 1.165) is 22.0 Å². The van der Waals surface area contributed by atoms with Crippen molar-refractivity contribution in [3.8, 4) is 11.5 Å². The number of benzene rings is 3. The van der Waals surface area contributed by atoms with Gasteiger partial charge in [0.05, 0.1) is 24.3 Å². The molecule has 0 saturated heterocycles. The second-order valence-corrected chi connectivity index (χ2v) is 9.84. The van der Waals surface area contributed by atoms with E-state index < -0.39 is 10.0 Å². The number of para-hydroxylation sites is 2.